The van der Waals surface area contributed by atoms with Gasteiger partial charge in [-0.25, -0.2) is 0 Å². The molecular formula is C10H23N3O2. The Morgan fingerprint density at radius 1 is 1.33 bits per heavy atom. The first-order valence-corrected chi connectivity index (χ1v) is 5.50. The van der Waals surface area contributed by atoms with Crippen molar-refractivity contribution in [1.29, 1.82) is 0 Å². The first kappa shape index (κ1) is 14.3. The smallest absolute Gasteiger partial charge is 0.218 e. The number of nitrogens with zero attached hydrogens (tertiary/aromatic N) is 1. The van der Waals surface area contributed by atoms with Crippen LogP contribution < -0.4 is 11.5 Å². The number of nitro groups is 1. The Bertz CT molecular complexity index is 195. The molecule has 0 rings (SSSR count). The molecule has 0 fully saturated rings. The van der Waals surface area contributed by atoms with Crippen LogP contribution in [-0.4, -0.2) is 23.0 Å². The molecule has 0 aliphatic heterocycles. The van der Waals surface area contributed by atoms with E-state index in [1.54, 1.807) is 13.8 Å². The van der Waals surface area contributed by atoms with Crippen LogP contribution in [0, 0.1) is 10.1 Å². The summed E-state index contributed by atoms with van der Waals surface area (Å²) in [6.45, 7) is 3.94. The summed E-state index contributed by atoms with van der Waals surface area (Å²) < 4.78 is 0. The van der Waals surface area contributed by atoms with Gasteiger partial charge < -0.3 is 11.5 Å². The van der Waals surface area contributed by atoms with Crippen molar-refractivity contribution in [1.82, 2.24) is 0 Å². The molecule has 4 N–H and O–H groups in total. The standard InChI is InChI=1S/C10H23N3O2/c1-10(2,13(14)15)8-9(12)6-4-3-5-7-11/h9H,3-8,11-12H2,1-2H3. The zero-order valence-electron chi connectivity index (χ0n) is 9.74. The van der Waals surface area contributed by atoms with E-state index in [2.05, 4.69) is 0 Å². The number of hydrogen-bond acceptors (Lipinski definition) is 4. The quantitative estimate of drug-likeness (QED) is 0.363. The number of unbranched alkanes of at least 4 members (excludes halogenated alkanes) is 2. The van der Waals surface area contributed by atoms with Crippen molar-refractivity contribution in [3.8, 4) is 0 Å². The minimum Gasteiger partial charge on any atom is -0.330 e. The summed E-state index contributed by atoms with van der Waals surface area (Å²) in [4.78, 5) is 10.4. The highest BCUT2D eigenvalue weighted by molar-refractivity contribution is 4.75. The van der Waals surface area contributed by atoms with Gasteiger partial charge in [0.1, 0.15) is 0 Å². The fraction of sp³-hybridized carbons (Fsp3) is 1.00. The second-order valence-electron chi connectivity index (χ2n) is 4.67. The third-order valence-electron chi connectivity index (χ3n) is 2.54. The molecule has 0 heterocycles. The fourth-order valence-corrected chi connectivity index (χ4v) is 1.55. The molecule has 0 aromatic heterocycles. The zero-order valence-corrected chi connectivity index (χ0v) is 9.74. The Kier molecular flexibility index (Phi) is 6.43. The molecule has 0 aliphatic rings. The van der Waals surface area contributed by atoms with E-state index in [-0.39, 0.29) is 11.0 Å². The predicted octanol–water partition coefficient (Wildman–Crippen LogP) is 1.28. The van der Waals surface area contributed by atoms with Crippen LogP contribution in [-0.2, 0) is 0 Å². The Morgan fingerprint density at radius 2 is 1.93 bits per heavy atom. The van der Waals surface area contributed by atoms with E-state index in [4.69, 9.17) is 11.5 Å². The molecule has 90 valence electrons. The molecule has 1 unspecified atom stereocenters. The Balaban J connectivity index is 3.73. The number of nitrogens with two attached hydrogens (primary N) is 2. The van der Waals surface area contributed by atoms with Crippen LogP contribution in [0.1, 0.15) is 46.0 Å². The number of rotatable bonds is 8. The molecular weight excluding hydrogens is 194 g/mol. The van der Waals surface area contributed by atoms with Gasteiger partial charge in [0.25, 0.3) is 0 Å². The highest BCUT2D eigenvalue weighted by Crippen LogP contribution is 2.17. The first-order chi connectivity index (χ1) is 6.90. The van der Waals surface area contributed by atoms with Gasteiger partial charge in [-0.15, -0.1) is 0 Å². The summed E-state index contributed by atoms with van der Waals surface area (Å²) in [5, 5.41) is 10.7. The van der Waals surface area contributed by atoms with Crippen molar-refractivity contribution < 1.29 is 4.92 Å². The molecule has 15 heavy (non-hydrogen) atoms. The summed E-state index contributed by atoms with van der Waals surface area (Å²) in [5.74, 6) is 0. The molecule has 0 radical (unpaired) electrons. The highest BCUT2D eigenvalue weighted by atomic mass is 16.6. The highest BCUT2D eigenvalue weighted by Gasteiger charge is 2.32. The second-order valence-corrected chi connectivity index (χ2v) is 4.67. The van der Waals surface area contributed by atoms with Crippen LogP contribution in [0.5, 0.6) is 0 Å². The van der Waals surface area contributed by atoms with Crippen molar-refractivity contribution >= 4 is 0 Å². The van der Waals surface area contributed by atoms with Crippen LogP contribution in [0.25, 0.3) is 0 Å². The fourth-order valence-electron chi connectivity index (χ4n) is 1.55. The molecule has 0 saturated carbocycles. The lowest BCUT2D eigenvalue weighted by atomic mass is 9.93. The van der Waals surface area contributed by atoms with Crippen molar-refractivity contribution in [3.05, 3.63) is 10.1 Å². The maximum atomic E-state index is 10.7. The minimum absolute atomic E-state index is 0.0804. The normalized spacial score (nSPS) is 13.9. The Labute approximate surface area is 91.4 Å². The van der Waals surface area contributed by atoms with Gasteiger partial charge in [0.15, 0.2) is 0 Å². The largest absolute Gasteiger partial charge is 0.330 e. The molecule has 0 saturated heterocycles. The van der Waals surface area contributed by atoms with Gasteiger partial charge in [-0.05, 0) is 19.4 Å². The van der Waals surface area contributed by atoms with E-state index in [1.807, 2.05) is 0 Å². The van der Waals surface area contributed by atoms with Crippen LogP contribution in [0.15, 0.2) is 0 Å². The third-order valence-corrected chi connectivity index (χ3v) is 2.54. The van der Waals surface area contributed by atoms with E-state index in [0.717, 1.165) is 25.7 Å². The first-order valence-electron chi connectivity index (χ1n) is 5.50. The van der Waals surface area contributed by atoms with Gasteiger partial charge >= 0.3 is 0 Å². The second kappa shape index (κ2) is 6.74. The summed E-state index contributed by atoms with van der Waals surface area (Å²) in [7, 11) is 0. The molecule has 0 amide bonds. The lowest BCUT2D eigenvalue weighted by Gasteiger charge is -2.20. The van der Waals surface area contributed by atoms with E-state index in [1.165, 1.54) is 0 Å². The molecule has 0 bridgehead atoms. The van der Waals surface area contributed by atoms with Crippen LogP contribution in [0.2, 0.25) is 0 Å². The van der Waals surface area contributed by atoms with Gasteiger partial charge in [0, 0.05) is 31.2 Å². The lowest BCUT2D eigenvalue weighted by Crippen LogP contribution is -2.38. The van der Waals surface area contributed by atoms with Crippen LogP contribution >= 0.6 is 0 Å². The SMILES string of the molecule is CC(C)(CC(N)CCCCCN)[N+](=O)[O-]. The minimum atomic E-state index is -0.909. The third kappa shape index (κ3) is 6.41. The molecule has 5 nitrogen and oxygen atoms in total. The molecule has 1 atom stereocenters. The van der Waals surface area contributed by atoms with E-state index in [0.29, 0.717) is 13.0 Å². The monoisotopic (exact) mass is 217 g/mol. The van der Waals surface area contributed by atoms with Gasteiger partial charge in [0.05, 0.1) is 0 Å². The Hall–Kier alpha value is -0.680. The maximum Gasteiger partial charge on any atom is 0.218 e. The molecule has 5 heteroatoms. The molecule has 0 aromatic rings. The number of hydrogen-bond donors (Lipinski definition) is 2. The lowest BCUT2D eigenvalue weighted by molar-refractivity contribution is -0.562. The van der Waals surface area contributed by atoms with Gasteiger partial charge in [-0.1, -0.05) is 12.8 Å². The average molecular weight is 217 g/mol. The maximum absolute atomic E-state index is 10.7. The van der Waals surface area contributed by atoms with Crippen LogP contribution in [0.3, 0.4) is 0 Å². The topological polar surface area (TPSA) is 95.2 Å². The van der Waals surface area contributed by atoms with E-state index >= 15 is 0 Å². The van der Waals surface area contributed by atoms with Gasteiger partial charge in [-0.2, -0.15) is 0 Å². The van der Waals surface area contributed by atoms with Gasteiger partial charge in [0.2, 0.25) is 5.54 Å². The molecule has 0 aromatic carbocycles. The van der Waals surface area contributed by atoms with Crippen molar-refractivity contribution in [3.63, 3.8) is 0 Å². The Morgan fingerprint density at radius 3 is 2.40 bits per heavy atom. The summed E-state index contributed by atoms with van der Waals surface area (Å²) in [5.41, 5.74) is 10.3. The van der Waals surface area contributed by atoms with Crippen molar-refractivity contribution in [2.24, 2.45) is 11.5 Å². The van der Waals surface area contributed by atoms with Crippen LogP contribution in [0.4, 0.5) is 0 Å². The summed E-state index contributed by atoms with van der Waals surface area (Å²) in [6, 6.07) is -0.0804. The van der Waals surface area contributed by atoms with Crippen molar-refractivity contribution in [2.75, 3.05) is 6.54 Å². The average Bonchev–Trinajstić information content (AvgIpc) is 2.11. The summed E-state index contributed by atoms with van der Waals surface area (Å²) >= 11 is 0. The predicted molar refractivity (Wildman–Crippen MR) is 61.2 cm³/mol. The van der Waals surface area contributed by atoms with E-state index in [9.17, 15) is 10.1 Å². The zero-order chi connectivity index (χ0) is 11.9. The van der Waals surface area contributed by atoms with Crippen molar-refractivity contribution in [2.45, 2.75) is 57.5 Å². The van der Waals surface area contributed by atoms with E-state index < -0.39 is 5.54 Å². The summed E-state index contributed by atoms with van der Waals surface area (Å²) in [6.07, 6.45) is 4.35. The molecule has 0 spiro atoms. The van der Waals surface area contributed by atoms with Gasteiger partial charge in [-0.3, -0.25) is 10.1 Å². The molecule has 0 aliphatic carbocycles.